The zero-order valence-corrected chi connectivity index (χ0v) is 12.7. The minimum atomic E-state index is 0.644. The molecule has 1 aromatic carbocycles. The normalized spacial score (nSPS) is 13.0. The highest BCUT2D eigenvalue weighted by atomic mass is 14.9. The fourth-order valence-electron chi connectivity index (χ4n) is 2.44. The van der Waals surface area contributed by atoms with Crippen molar-refractivity contribution >= 4 is 0 Å². The summed E-state index contributed by atoms with van der Waals surface area (Å²) in [5, 5.41) is 3.67. The Labute approximate surface area is 113 Å². The highest BCUT2D eigenvalue weighted by Crippen LogP contribution is 2.16. The second-order valence-electron chi connectivity index (χ2n) is 5.77. The predicted molar refractivity (Wildman–Crippen MR) is 81.2 cm³/mol. The first kappa shape index (κ1) is 15.2. The molecule has 1 nitrogen and oxygen atoms in total. The Morgan fingerprint density at radius 2 is 1.89 bits per heavy atom. The molecule has 0 aliphatic carbocycles. The van der Waals surface area contributed by atoms with Crippen LogP contribution in [-0.2, 0) is 6.42 Å². The molecular formula is C17H29N. The highest BCUT2D eigenvalue weighted by Gasteiger charge is 2.12. The summed E-state index contributed by atoms with van der Waals surface area (Å²) in [6.07, 6.45) is 3.64. The van der Waals surface area contributed by atoms with Gasteiger partial charge in [0, 0.05) is 6.04 Å². The number of rotatable bonds is 7. The van der Waals surface area contributed by atoms with E-state index in [0.29, 0.717) is 12.0 Å². The molecule has 1 unspecified atom stereocenters. The van der Waals surface area contributed by atoms with Gasteiger partial charge in [0.05, 0.1) is 0 Å². The standard InChI is InChI=1S/C17H29N/c1-6-11-18-17(13(2)3)10-9-16-8-7-14(4)12-15(16)5/h7-8,12-13,17-18H,6,9-11H2,1-5H3. The summed E-state index contributed by atoms with van der Waals surface area (Å²) in [6.45, 7) is 12.4. The first-order valence-corrected chi connectivity index (χ1v) is 7.34. The van der Waals surface area contributed by atoms with Crippen LogP contribution in [0.15, 0.2) is 18.2 Å². The van der Waals surface area contributed by atoms with Crippen molar-refractivity contribution in [1.82, 2.24) is 5.32 Å². The van der Waals surface area contributed by atoms with Gasteiger partial charge in [-0.1, -0.05) is 44.5 Å². The summed E-state index contributed by atoms with van der Waals surface area (Å²) in [4.78, 5) is 0. The van der Waals surface area contributed by atoms with E-state index in [-0.39, 0.29) is 0 Å². The van der Waals surface area contributed by atoms with Gasteiger partial charge >= 0.3 is 0 Å². The number of nitrogens with one attached hydrogen (secondary N) is 1. The fraction of sp³-hybridized carbons (Fsp3) is 0.647. The summed E-state index contributed by atoms with van der Waals surface area (Å²) in [5.74, 6) is 0.710. The van der Waals surface area contributed by atoms with Crippen LogP contribution in [0.2, 0.25) is 0 Å². The van der Waals surface area contributed by atoms with Crippen molar-refractivity contribution < 1.29 is 0 Å². The van der Waals surface area contributed by atoms with E-state index in [1.54, 1.807) is 0 Å². The summed E-state index contributed by atoms with van der Waals surface area (Å²) in [5.41, 5.74) is 4.30. The number of hydrogen-bond acceptors (Lipinski definition) is 1. The summed E-state index contributed by atoms with van der Waals surface area (Å²) < 4.78 is 0. The monoisotopic (exact) mass is 247 g/mol. The molecule has 0 aliphatic rings. The molecule has 0 fully saturated rings. The van der Waals surface area contributed by atoms with Gasteiger partial charge in [0.15, 0.2) is 0 Å². The molecule has 1 heteroatoms. The molecule has 0 amide bonds. The zero-order chi connectivity index (χ0) is 13.5. The van der Waals surface area contributed by atoms with Crippen LogP contribution in [0.5, 0.6) is 0 Å². The van der Waals surface area contributed by atoms with E-state index >= 15 is 0 Å². The average molecular weight is 247 g/mol. The summed E-state index contributed by atoms with van der Waals surface area (Å²) in [7, 11) is 0. The zero-order valence-electron chi connectivity index (χ0n) is 12.7. The van der Waals surface area contributed by atoms with Gasteiger partial charge in [0.2, 0.25) is 0 Å². The molecule has 0 saturated carbocycles. The Hall–Kier alpha value is -0.820. The molecule has 1 N–H and O–H groups in total. The third-order valence-corrected chi connectivity index (χ3v) is 3.68. The second-order valence-corrected chi connectivity index (χ2v) is 5.77. The van der Waals surface area contributed by atoms with Crippen molar-refractivity contribution in [2.24, 2.45) is 5.92 Å². The lowest BCUT2D eigenvalue weighted by molar-refractivity contribution is 0.378. The van der Waals surface area contributed by atoms with Crippen molar-refractivity contribution in [3.05, 3.63) is 34.9 Å². The summed E-state index contributed by atoms with van der Waals surface area (Å²) in [6, 6.07) is 7.46. The molecule has 0 heterocycles. The SMILES string of the molecule is CCCNC(CCc1ccc(C)cc1C)C(C)C. The molecule has 1 atom stereocenters. The number of aryl methyl sites for hydroxylation is 3. The van der Waals surface area contributed by atoms with Gasteiger partial charge in [0.1, 0.15) is 0 Å². The van der Waals surface area contributed by atoms with E-state index < -0.39 is 0 Å². The van der Waals surface area contributed by atoms with Gasteiger partial charge in [-0.3, -0.25) is 0 Å². The smallest absolute Gasteiger partial charge is 0.00932 e. The van der Waals surface area contributed by atoms with Crippen molar-refractivity contribution in [3.8, 4) is 0 Å². The highest BCUT2D eigenvalue weighted by molar-refractivity contribution is 5.30. The van der Waals surface area contributed by atoms with Crippen LogP contribution < -0.4 is 5.32 Å². The van der Waals surface area contributed by atoms with Crippen molar-refractivity contribution in [2.45, 2.75) is 59.9 Å². The maximum absolute atomic E-state index is 3.67. The van der Waals surface area contributed by atoms with E-state index in [2.05, 4.69) is 58.1 Å². The fourth-order valence-corrected chi connectivity index (χ4v) is 2.44. The van der Waals surface area contributed by atoms with E-state index in [1.165, 1.54) is 36.0 Å². The third-order valence-electron chi connectivity index (χ3n) is 3.68. The Morgan fingerprint density at radius 3 is 2.44 bits per heavy atom. The number of benzene rings is 1. The van der Waals surface area contributed by atoms with E-state index in [4.69, 9.17) is 0 Å². The van der Waals surface area contributed by atoms with Crippen molar-refractivity contribution in [2.75, 3.05) is 6.54 Å². The van der Waals surface area contributed by atoms with Gasteiger partial charge in [0.25, 0.3) is 0 Å². The quantitative estimate of drug-likeness (QED) is 0.759. The molecule has 0 aliphatic heterocycles. The molecule has 1 aromatic rings. The Kier molecular flexibility index (Phi) is 6.42. The lowest BCUT2D eigenvalue weighted by Gasteiger charge is -2.22. The van der Waals surface area contributed by atoms with Gasteiger partial charge in [-0.05, 0) is 56.7 Å². The molecule has 0 bridgehead atoms. The Balaban J connectivity index is 2.55. The molecular weight excluding hydrogens is 218 g/mol. The molecule has 102 valence electrons. The van der Waals surface area contributed by atoms with Gasteiger partial charge in [-0.2, -0.15) is 0 Å². The topological polar surface area (TPSA) is 12.0 Å². The van der Waals surface area contributed by atoms with Crippen LogP contribution in [0.1, 0.15) is 50.3 Å². The largest absolute Gasteiger partial charge is 0.314 e. The van der Waals surface area contributed by atoms with E-state index in [9.17, 15) is 0 Å². The van der Waals surface area contributed by atoms with Crippen LogP contribution >= 0.6 is 0 Å². The van der Waals surface area contributed by atoms with Crippen LogP contribution in [-0.4, -0.2) is 12.6 Å². The molecule has 0 radical (unpaired) electrons. The average Bonchev–Trinajstić information content (AvgIpc) is 2.31. The van der Waals surface area contributed by atoms with Crippen LogP contribution in [0.25, 0.3) is 0 Å². The maximum Gasteiger partial charge on any atom is 0.00932 e. The first-order chi connectivity index (χ1) is 8.54. The predicted octanol–water partition coefficient (Wildman–Crippen LogP) is 4.26. The van der Waals surface area contributed by atoms with Gasteiger partial charge in [-0.15, -0.1) is 0 Å². The molecule has 0 aromatic heterocycles. The number of hydrogen-bond donors (Lipinski definition) is 1. The minimum Gasteiger partial charge on any atom is -0.314 e. The van der Waals surface area contributed by atoms with Crippen molar-refractivity contribution in [3.63, 3.8) is 0 Å². The lowest BCUT2D eigenvalue weighted by atomic mass is 9.94. The molecule has 0 saturated heterocycles. The van der Waals surface area contributed by atoms with Crippen LogP contribution in [0.3, 0.4) is 0 Å². The molecule has 1 rings (SSSR count). The molecule has 18 heavy (non-hydrogen) atoms. The Morgan fingerprint density at radius 1 is 1.17 bits per heavy atom. The lowest BCUT2D eigenvalue weighted by Crippen LogP contribution is -2.34. The Bertz CT molecular complexity index is 355. The second kappa shape index (κ2) is 7.58. The van der Waals surface area contributed by atoms with Crippen LogP contribution in [0.4, 0.5) is 0 Å². The van der Waals surface area contributed by atoms with E-state index in [1.807, 2.05) is 0 Å². The maximum atomic E-state index is 3.67. The first-order valence-electron chi connectivity index (χ1n) is 7.34. The van der Waals surface area contributed by atoms with Gasteiger partial charge in [-0.25, -0.2) is 0 Å². The third kappa shape index (κ3) is 4.81. The van der Waals surface area contributed by atoms with Crippen LogP contribution in [0, 0.1) is 19.8 Å². The van der Waals surface area contributed by atoms with E-state index in [0.717, 1.165) is 6.54 Å². The van der Waals surface area contributed by atoms with Gasteiger partial charge < -0.3 is 5.32 Å². The van der Waals surface area contributed by atoms with Crippen molar-refractivity contribution in [1.29, 1.82) is 0 Å². The minimum absolute atomic E-state index is 0.644. The molecule has 0 spiro atoms. The summed E-state index contributed by atoms with van der Waals surface area (Å²) >= 11 is 0.